The summed E-state index contributed by atoms with van der Waals surface area (Å²) in [6, 6.07) is 7.33. The molecule has 0 fully saturated rings. The molecule has 2 amide bonds. The molecule has 0 saturated heterocycles. The molecule has 0 unspecified atom stereocenters. The molecular weight excluding hydrogens is 405 g/mol. The highest BCUT2D eigenvalue weighted by Crippen LogP contribution is 2.36. The van der Waals surface area contributed by atoms with Gasteiger partial charge >= 0.3 is 0 Å². The van der Waals surface area contributed by atoms with Gasteiger partial charge in [0.2, 0.25) is 0 Å². The maximum atomic E-state index is 14.2. The van der Waals surface area contributed by atoms with Gasteiger partial charge in [-0.1, -0.05) is 19.0 Å². The van der Waals surface area contributed by atoms with E-state index in [9.17, 15) is 19.2 Å². The van der Waals surface area contributed by atoms with Gasteiger partial charge in [0.1, 0.15) is 11.6 Å². The Labute approximate surface area is 178 Å². The van der Waals surface area contributed by atoms with Crippen molar-refractivity contribution in [2.24, 2.45) is 11.1 Å². The van der Waals surface area contributed by atoms with Crippen LogP contribution in [0.4, 0.5) is 10.1 Å². The molecule has 0 radical (unpaired) electrons. The van der Waals surface area contributed by atoms with E-state index < -0.39 is 11.7 Å². The van der Waals surface area contributed by atoms with Gasteiger partial charge in [-0.25, -0.2) is 4.39 Å². The van der Waals surface area contributed by atoms with Crippen LogP contribution in [-0.2, 0) is 22.7 Å². The van der Waals surface area contributed by atoms with Crippen molar-refractivity contribution < 1.29 is 28.7 Å². The molecule has 4 rings (SSSR count). The Kier molecular flexibility index (Phi) is 5.60. The largest absolute Gasteiger partial charge is 0.467 e. The molecule has 0 saturated carbocycles. The minimum Gasteiger partial charge on any atom is -0.467 e. The number of carbonyl (C=O) groups excluding carboxylic acids is 2. The molecule has 0 aliphatic carbocycles. The molecular formula is C22H22FN3O5. The summed E-state index contributed by atoms with van der Waals surface area (Å²) in [7, 11) is 0. The van der Waals surface area contributed by atoms with E-state index in [1.54, 1.807) is 18.2 Å². The van der Waals surface area contributed by atoms with Crippen LogP contribution in [0.15, 0.2) is 35.5 Å². The Morgan fingerprint density at radius 1 is 1.32 bits per heavy atom. The Hall–Kier alpha value is -3.46. The highest BCUT2D eigenvalue weighted by atomic mass is 19.1. The second kappa shape index (κ2) is 8.35. The number of hydrogen-bond acceptors (Lipinski definition) is 6. The number of ether oxygens (including phenoxy) is 2. The van der Waals surface area contributed by atoms with E-state index in [4.69, 9.17) is 9.47 Å². The molecule has 8 nitrogen and oxygen atoms in total. The molecule has 162 valence electrons. The van der Waals surface area contributed by atoms with Gasteiger partial charge in [-0.15, -0.1) is 0 Å². The zero-order valence-electron chi connectivity index (χ0n) is 17.1. The lowest BCUT2D eigenvalue weighted by Crippen LogP contribution is -2.30. The van der Waals surface area contributed by atoms with Gasteiger partial charge in [-0.2, -0.15) is 0 Å². The number of halogens is 1. The van der Waals surface area contributed by atoms with E-state index in [0.717, 1.165) is 0 Å². The van der Waals surface area contributed by atoms with Crippen LogP contribution in [0.2, 0.25) is 0 Å². The predicted octanol–water partition coefficient (Wildman–Crippen LogP) is 2.80. The minimum atomic E-state index is -0.553. The predicted molar refractivity (Wildman–Crippen MR) is 110 cm³/mol. The summed E-state index contributed by atoms with van der Waals surface area (Å²) in [5, 5.41) is 15.4. The molecule has 0 atom stereocenters. The molecule has 0 aromatic heterocycles. The monoisotopic (exact) mass is 427 g/mol. The number of anilines is 1. The summed E-state index contributed by atoms with van der Waals surface area (Å²) in [5.41, 5.74) is 2.01. The van der Waals surface area contributed by atoms with Crippen molar-refractivity contribution in [3.63, 3.8) is 0 Å². The van der Waals surface area contributed by atoms with E-state index in [1.165, 1.54) is 17.0 Å². The van der Waals surface area contributed by atoms with Gasteiger partial charge in [0.15, 0.2) is 12.5 Å². The number of oxime groups is 1. The Bertz CT molecular complexity index is 1080. The van der Waals surface area contributed by atoms with E-state index in [-0.39, 0.29) is 37.5 Å². The smallest absolute Gasteiger partial charge is 0.281 e. The lowest BCUT2D eigenvalue weighted by atomic mass is 10.1. The number of amides is 2. The molecule has 2 aromatic carbocycles. The Morgan fingerprint density at radius 2 is 2.13 bits per heavy atom. The molecule has 2 aliphatic rings. The second-order valence-electron chi connectivity index (χ2n) is 7.84. The maximum Gasteiger partial charge on any atom is 0.281 e. The van der Waals surface area contributed by atoms with E-state index in [1.807, 2.05) is 13.8 Å². The fourth-order valence-corrected chi connectivity index (χ4v) is 3.65. The fraction of sp³-hybridized carbons (Fsp3) is 0.318. The van der Waals surface area contributed by atoms with Gasteiger partial charge in [-0.3, -0.25) is 9.59 Å². The van der Waals surface area contributed by atoms with Gasteiger partial charge < -0.3 is 24.9 Å². The van der Waals surface area contributed by atoms with Crippen molar-refractivity contribution in [2.75, 3.05) is 18.2 Å². The number of nitrogens with one attached hydrogen (secondary N) is 1. The Morgan fingerprint density at radius 3 is 2.87 bits per heavy atom. The summed E-state index contributed by atoms with van der Waals surface area (Å²) in [6.45, 7) is 4.69. The van der Waals surface area contributed by atoms with Crippen LogP contribution in [0.1, 0.15) is 40.9 Å². The van der Waals surface area contributed by atoms with Gasteiger partial charge in [-0.05, 0) is 36.2 Å². The quantitative estimate of drug-likeness (QED) is 0.565. The van der Waals surface area contributed by atoms with Crippen molar-refractivity contribution >= 4 is 23.2 Å². The first-order chi connectivity index (χ1) is 14.9. The number of benzene rings is 2. The average Bonchev–Trinajstić information content (AvgIpc) is 3.02. The minimum absolute atomic E-state index is 0.0258. The molecule has 0 bridgehead atoms. The molecule has 31 heavy (non-hydrogen) atoms. The van der Waals surface area contributed by atoms with Crippen LogP contribution in [0.25, 0.3) is 0 Å². The summed E-state index contributed by atoms with van der Waals surface area (Å²) in [4.78, 5) is 26.8. The van der Waals surface area contributed by atoms with E-state index >= 15 is 0 Å². The van der Waals surface area contributed by atoms with Crippen LogP contribution < -0.4 is 15.0 Å². The number of nitrogens with zero attached hydrogens (tertiary/aromatic N) is 2. The highest BCUT2D eigenvalue weighted by Gasteiger charge is 2.36. The molecule has 2 heterocycles. The molecule has 9 heteroatoms. The van der Waals surface area contributed by atoms with Crippen LogP contribution in [0, 0.1) is 11.7 Å². The molecule has 2 aliphatic heterocycles. The molecule has 2 aromatic rings. The third-order valence-corrected chi connectivity index (χ3v) is 5.10. The Balaban J connectivity index is 1.71. The second-order valence-corrected chi connectivity index (χ2v) is 7.84. The third-order valence-electron chi connectivity index (χ3n) is 5.10. The van der Waals surface area contributed by atoms with Gasteiger partial charge in [0, 0.05) is 28.8 Å². The van der Waals surface area contributed by atoms with Crippen LogP contribution >= 0.6 is 0 Å². The zero-order valence-corrected chi connectivity index (χ0v) is 17.1. The van der Waals surface area contributed by atoms with E-state index in [0.29, 0.717) is 40.2 Å². The molecule has 0 spiro atoms. The van der Waals surface area contributed by atoms with Gasteiger partial charge in [0.25, 0.3) is 11.8 Å². The van der Waals surface area contributed by atoms with Crippen LogP contribution in [0.3, 0.4) is 0 Å². The van der Waals surface area contributed by atoms with Crippen molar-refractivity contribution in [1.29, 1.82) is 0 Å². The summed E-state index contributed by atoms with van der Waals surface area (Å²) in [6.07, 6.45) is 0. The summed E-state index contributed by atoms with van der Waals surface area (Å²) >= 11 is 0. The first-order valence-electron chi connectivity index (χ1n) is 9.87. The van der Waals surface area contributed by atoms with E-state index in [2.05, 4.69) is 10.5 Å². The van der Waals surface area contributed by atoms with Gasteiger partial charge in [0.05, 0.1) is 18.8 Å². The first-order valence-corrected chi connectivity index (χ1v) is 9.87. The number of hydrogen-bond donors (Lipinski definition) is 2. The topological polar surface area (TPSA) is 100 Å². The van der Waals surface area contributed by atoms with Crippen molar-refractivity contribution in [3.05, 3.63) is 58.4 Å². The van der Waals surface area contributed by atoms with Crippen LogP contribution in [-0.4, -0.2) is 36.1 Å². The number of carbonyl (C=O) groups is 2. The lowest BCUT2D eigenvalue weighted by Gasteiger charge is -2.24. The SMILES string of the molecule is CC(C)CNC(=O)c1ccc2c(c1)N(Cc1cc(F)cc3c1OCOC3)C(=O)/C2=N\O. The summed E-state index contributed by atoms with van der Waals surface area (Å²) in [5.74, 6) is -0.563. The maximum absolute atomic E-state index is 14.2. The lowest BCUT2D eigenvalue weighted by molar-refractivity contribution is -0.112. The summed E-state index contributed by atoms with van der Waals surface area (Å²) < 4.78 is 24.9. The van der Waals surface area contributed by atoms with Crippen molar-refractivity contribution in [3.8, 4) is 5.75 Å². The standard InChI is InChI=1S/C22H22FN3O5/c1-12(2)8-24-21(27)13-3-4-17-18(7-13)26(22(28)19(17)25-29)9-14-5-16(23)6-15-10-30-11-31-20(14)15/h3-7,12,29H,8-11H2,1-2H3,(H,24,27)/b25-19-. The fourth-order valence-electron chi connectivity index (χ4n) is 3.65. The average molecular weight is 427 g/mol. The molecule has 2 N–H and O–H groups in total. The highest BCUT2D eigenvalue weighted by molar-refractivity contribution is 6.54. The number of fused-ring (bicyclic) bond motifs is 2. The van der Waals surface area contributed by atoms with Crippen molar-refractivity contribution in [1.82, 2.24) is 5.32 Å². The zero-order chi connectivity index (χ0) is 22.1. The number of rotatable bonds is 5. The van der Waals surface area contributed by atoms with Crippen LogP contribution in [0.5, 0.6) is 5.75 Å². The van der Waals surface area contributed by atoms with Crippen molar-refractivity contribution in [2.45, 2.75) is 27.0 Å². The first kappa shape index (κ1) is 20.8. The third kappa shape index (κ3) is 3.96. The normalized spacial score (nSPS) is 16.3.